The normalized spacial score (nSPS) is 17.9. The van der Waals surface area contributed by atoms with Crippen LogP contribution < -0.4 is 10.2 Å². The van der Waals surface area contributed by atoms with Crippen LogP contribution in [0.1, 0.15) is 24.0 Å². The zero-order chi connectivity index (χ0) is 17.8. The fraction of sp³-hybridized carbons (Fsp3) is 0.409. The number of nitrogens with zero attached hydrogens (tertiary/aromatic N) is 2. The largest absolute Gasteiger partial charge is 0.369 e. The summed E-state index contributed by atoms with van der Waals surface area (Å²) in [5.74, 6) is 0.490. The van der Waals surface area contributed by atoms with Crippen LogP contribution in [0.5, 0.6) is 0 Å². The topological polar surface area (TPSA) is 35.6 Å². The third-order valence-corrected chi connectivity index (χ3v) is 5.41. The molecule has 2 aliphatic rings. The van der Waals surface area contributed by atoms with Gasteiger partial charge in [0.15, 0.2) is 0 Å². The Balaban J connectivity index is 1.32. The summed E-state index contributed by atoms with van der Waals surface area (Å²) in [6, 6.07) is 19.2. The molecule has 0 bridgehead atoms. The molecule has 1 N–H and O–H groups in total. The molecular weight excluding hydrogens is 322 g/mol. The van der Waals surface area contributed by atoms with Crippen LogP contribution in [0.4, 0.5) is 5.69 Å². The van der Waals surface area contributed by atoms with E-state index in [2.05, 4.69) is 69.7 Å². The summed E-state index contributed by atoms with van der Waals surface area (Å²) < 4.78 is 0. The average Bonchev–Trinajstić information content (AvgIpc) is 3.54. The summed E-state index contributed by atoms with van der Waals surface area (Å²) in [6.07, 6.45) is 2.11. The summed E-state index contributed by atoms with van der Waals surface area (Å²) in [6.45, 7) is 5.86. The van der Waals surface area contributed by atoms with Crippen molar-refractivity contribution in [2.75, 3.05) is 31.1 Å². The van der Waals surface area contributed by atoms with E-state index in [9.17, 15) is 4.79 Å². The predicted octanol–water partition coefficient (Wildman–Crippen LogP) is 3.04. The van der Waals surface area contributed by atoms with Gasteiger partial charge in [0.05, 0.1) is 0 Å². The summed E-state index contributed by atoms with van der Waals surface area (Å²) >= 11 is 0. The maximum absolute atomic E-state index is 11.9. The van der Waals surface area contributed by atoms with E-state index in [1.165, 1.54) is 16.8 Å². The Morgan fingerprint density at radius 2 is 1.54 bits per heavy atom. The number of anilines is 1. The van der Waals surface area contributed by atoms with Gasteiger partial charge in [-0.3, -0.25) is 9.69 Å². The zero-order valence-corrected chi connectivity index (χ0v) is 15.2. The number of hydrogen-bond acceptors (Lipinski definition) is 3. The van der Waals surface area contributed by atoms with E-state index in [0.29, 0.717) is 6.54 Å². The maximum atomic E-state index is 11.9. The number of amides is 1. The van der Waals surface area contributed by atoms with Crippen molar-refractivity contribution in [1.29, 1.82) is 0 Å². The van der Waals surface area contributed by atoms with Crippen molar-refractivity contribution in [1.82, 2.24) is 10.2 Å². The van der Waals surface area contributed by atoms with Crippen molar-refractivity contribution in [3.8, 4) is 0 Å². The van der Waals surface area contributed by atoms with E-state index >= 15 is 0 Å². The molecule has 4 nitrogen and oxygen atoms in total. The fourth-order valence-electron chi connectivity index (χ4n) is 3.60. The van der Waals surface area contributed by atoms with Crippen molar-refractivity contribution in [3.05, 3.63) is 65.7 Å². The second kappa shape index (κ2) is 7.92. The minimum Gasteiger partial charge on any atom is -0.369 e. The van der Waals surface area contributed by atoms with Gasteiger partial charge in [-0.25, -0.2) is 0 Å². The van der Waals surface area contributed by atoms with Gasteiger partial charge in [-0.2, -0.15) is 0 Å². The first-order valence-corrected chi connectivity index (χ1v) is 9.66. The number of rotatable bonds is 6. The van der Waals surface area contributed by atoms with Crippen LogP contribution in [0.15, 0.2) is 54.6 Å². The first kappa shape index (κ1) is 17.1. The smallest absolute Gasteiger partial charge is 0.223 e. The fourth-order valence-corrected chi connectivity index (χ4v) is 3.60. The number of piperazine rings is 1. The van der Waals surface area contributed by atoms with Gasteiger partial charge in [-0.1, -0.05) is 42.5 Å². The molecule has 0 atom stereocenters. The van der Waals surface area contributed by atoms with Crippen LogP contribution >= 0.6 is 0 Å². The molecule has 4 rings (SSSR count). The molecule has 1 saturated carbocycles. The van der Waals surface area contributed by atoms with Crippen molar-refractivity contribution in [2.24, 2.45) is 5.92 Å². The standard InChI is InChI=1S/C22H27N3O/c26-22(18-10-11-18)23-16-19-6-4-5-7-20(19)17-24-12-14-25(15-13-24)21-8-2-1-3-9-21/h1-9,18H,10-17H2,(H,23,26). The van der Waals surface area contributed by atoms with Crippen LogP contribution in [0.2, 0.25) is 0 Å². The molecule has 1 amide bonds. The zero-order valence-electron chi connectivity index (χ0n) is 15.2. The lowest BCUT2D eigenvalue weighted by Gasteiger charge is -2.36. The van der Waals surface area contributed by atoms with Gasteiger partial charge < -0.3 is 10.2 Å². The molecule has 0 radical (unpaired) electrons. The van der Waals surface area contributed by atoms with E-state index in [1.807, 2.05) is 0 Å². The van der Waals surface area contributed by atoms with Crippen molar-refractivity contribution >= 4 is 11.6 Å². The molecule has 1 aliphatic carbocycles. The molecule has 2 aromatic carbocycles. The summed E-state index contributed by atoms with van der Waals surface area (Å²) in [7, 11) is 0. The highest BCUT2D eigenvalue weighted by Crippen LogP contribution is 2.29. The SMILES string of the molecule is O=C(NCc1ccccc1CN1CCN(c2ccccc2)CC1)C1CC1. The van der Waals surface area contributed by atoms with Crippen LogP contribution in [-0.4, -0.2) is 37.0 Å². The number of nitrogens with one attached hydrogen (secondary N) is 1. The Kier molecular flexibility index (Phi) is 5.21. The Morgan fingerprint density at radius 3 is 2.23 bits per heavy atom. The second-order valence-electron chi connectivity index (χ2n) is 7.36. The number of benzene rings is 2. The van der Waals surface area contributed by atoms with Crippen LogP contribution in [0, 0.1) is 5.92 Å². The highest BCUT2D eigenvalue weighted by atomic mass is 16.2. The second-order valence-corrected chi connectivity index (χ2v) is 7.36. The number of carbonyl (C=O) groups is 1. The molecule has 0 aromatic heterocycles. The first-order chi connectivity index (χ1) is 12.8. The Labute approximate surface area is 155 Å². The third kappa shape index (κ3) is 4.25. The lowest BCUT2D eigenvalue weighted by atomic mass is 10.1. The Morgan fingerprint density at radius 1 is 0.885 bits per heavy atom. The van der Waals surface area contributed by atoms with Crippen LogP contribution in [0.3, 0.4) is 0 Å². The molecule has 0 spiro atoms. The average molecular weight is 349 g/mol. The molecule has 0 unspecified atom stereocenters. The van der Waals surface area contributed by atoms with Gasteiger partial charge in [0, 0.05) is 50.9 Å². The highest BCUT2D eigenvalue weighted by Gasteiger charge is 2.29. The van der Waals surface area contributed by atoms with Gasteiger partial charge in [0.1, 0.15) is 0 Å². The quantitative estimate of drug-likeness (QED) is 0.871. The number of carbonyl (C=O) groups excluding carboxylic acids is 1. The van der Waals surface area contributed by atoms with E-state index in [4.69, 9.17) is 0 Å². The molecule has 2 aromatic rings. The van der Waals surface area contributed by atoms with Crippen molar-refractivity contribution in [2.45, 2.75) is 25.9 Å². The lowest BCUT2D eigenvalue weighted by Crippen LogP contribution is -2.46. The molecule has 1 aliphatic heterocycles. The molecular formula is C22H27N3O. The van der Waals surface area contributed by atoms with E-state index in [0.717, 1.165) is 45.6 Å². The van der Waals surface area contributed by atoms with Crippen LogP contribution in [-0.2, 0) is 17.9 Å². The predicted molar refractivity (Wildman–Crippen MR) is 105 cm³/mol. The third-order valence-electron chi connectivity index (χ3n) is 5.41. The first-order valence-electron chi connectivity index (χ1n) is 9.66. The van der Waals surface area contributed by atoms with Crippen LogP contribution in [0.25, 0.3) is 0 Å². The summed E-state index contributed by atoms with van der Waals surface area (Å²) in [5, 5.41) is 3.10. The van der Waals surface area contributed by atoms with Crippen molar-refractivity contribution in [3.63, 3.8) is 0 Å². The molecule has 1 heterocycles. The van der Waals surface area contributed by atoms with Gasteiger partial charge in [-0.15, -0.1) is 0 Å². The monoisotopic (exact) mass is 349 g/mol. The van der Waals surface area contributed by atoms with E-state index in [-0.39, 0.29) is 11.8 Å². The number of hydrogen-bond donors (Lipinski definition) is 1. The maximum Gasteiger partial charge on any atom is 0.223 e. The molecule has 4 heteroatoms. The Bertz CT molecular complexity index is 734. The minimum atomic E-state index is 0.219. The van der Waals surface area contributed by atoms with Gasteiger partial charge in [-0.05, 0) is 36.1 Å². The van der Waals surface area contributed by atoms with Gasteiger partial charge in [0.25, 0.3) is 0 Å². The molecule has 26 heavy (non-hydrogen) atoms. The van der Waals surface area contributed by atoms with Crippen molar-refractivity contribution < 1.29 is 4.79 Å². The summed E-state index contributed by atoms with van der Waals surface area (Å²) in [4.78, 5) is 16.9. The minimum absolute atomic E-state index is 0.219. The van der Waals surface area contributed by atoms with Gasteiger partial charge in [0.2, 0.25) is 5.91 Å². The van der Waals surface area contributed by atoms with Gasteiger partial charge >= 0.3 is 0 Å². The van der Waals surface area contributed by atoms with E-state index in [1.54, 1.807) is 0 Å². The highest BCUT2D eigenvalue weighted by molar-refractivity contribution is 5.80. The molecule has 1 saturated heterocycles. The lowest BCUT2D eigenvalue weighted by molar-refractivity contribution is -0.122. The Hall–Kier alpha value is -2.33. The van der Waals surface area contributed by atoms with E-state index < -0.39 is 0 Å². The molecule has 136 valence electrons. The number of para-hydroxylation sites is 1. The summed E-state index contributed by atoms with van der Waals surface area (Å²) in [5.41, 5.74) is 3.89. The molecule has 2 fully saturated rings.